The highest BCUT2D eigenvalue weighted by atomic mass is 16.1. The Bertz CT molecular complexity index is 1230. The van der Waals surface area contributed by atoms with E-state index in [4.69, 9.17) is 0 Å². The van der Waals surface area contributed by atoms with Crippen molar-refractivity contribution in [1.82, 2.24) is 29.8 Å². The molecule has 3 aromatic heterocycles. The number of imidazole rings is 1. The molecule has 0 aliphatic carbocycles. The van der Waals surface area contributed by atoms with Crippen molar-refractivity contribution in [3.8, 4) is 16.9 Å². The lowest BCUT2D eigenvalue weighted by atomic mass is 10.0. The Morgan fingerprint density at radius 3 is 2.28 bits per heavy atom. The predicted molar refractivity (Wildman–Crippen MR) is 146 cm³/mol. The summed E-state index contributed by atoms with van der Waals surface area (Å²) >= 11 is 0. The number of amides is 1. The summed E-state index contributed by atoms with van der Waals surface area (Å²) in [6, 6.07) is 9.76. The van der Waals surface area contributed by atoms with Gasteiger partial charge in [-0.3, -0.25) is 19.7 Å². The number of aryl methyl sites for hydroxylation is 2. The van der Waals surface area contributed by atoms with Crippen molar-refractivity contribution in [3.05, 3.63) is 89.7 Å². The van der Waals surface area contributed by atoms with Crippen LogP contribution in [0.25, 0.3) is 16.9 Å². The van der Waals surface area contributed by atoms with Gasteiger partial charge in [0.15, 0.2) is 0 Å². The van der Waals surface area contributed by atoms with Crippen molar-refractivity contribution in [1.29, 1.82) is 0 Å². The number of carbonyl (C=O) groups excluding carboxylic acids is 1. The lowest BCUT2D eigenvalue weighted by Gasteiger charge is -2.14. The smallest absolute Gasteiger partial charge is 0.251 e. The van der Waals surface area contributed by atoms with Gasteiger partial charge in [-0.25, -0.2) is 4.98 Å². The van der Waals surface area contributed by atoms with Crippen molar-refractivity contribution in [2.45, 2.75) is 67.9 Å². The van der Waals surface area contributed by atoms with E-state index in [0.29, 0.717) is 17.8 Å². The summed E-state index contributed by atoms with van der Waals surface area (Å²) in [7, 11) is 0. The number of nitrogens with one attached hydrogen (secondary N) is 1. The largest absolute Gasteiger partial charge is 0.346 e. The molecule has 3 heterocycles. The Morgan fingerprint density at radius 1 is 0.917 bits per heavy atom. The van der Waals surface area contributed by atoms with Crippen LogP contribution >= 0.6 is 0 Å². The van der Waals surface area contributed by atoms with Crippen LogP contribution in [0.15, 0.2) is 61.3 Å². The normalized spacial score (nSPS) is 10.1. The summed E-state index contributed by atoms with van der Waals surface area (Å²) in [5, 5.41) is 2.95. The summed E-state index contributed by atoms with van der Waals surface area (Å²) in [5.41, 5.74) is 5.71. The number of aromatic nitrogens is 5. The molecule has 0 aliphatic rings. The molecule has 0 fully saturated rings. The molecule has 0 atom stereocenters. The highest BCUT2D eigenvalue weighted by Crippen LogP contribution is 2.25. The molecule has 190 valence electrons. The average Bonchev–Trinajstić information content (AvgIpc) is 3.41. The maximum Gasteiger partial charge on any atom is 0.251 e. The first-order chi connectivity index (χ1) is 17.4. The van der Waals surface area contributed by atoms with Crippen LogP contribution in [-0.4, -0.2) is 30.4 Å². The zero-order valence-electron chi connectivity index (χ0n) is 22.7. The highest BCUT2D eigenvalue weighted by Gasteiger charge is 2.15. The van der Waals surface area contributed by atoms with Gasteiger partial charge in [0.1, 0.15) is 5.82 Å². The highest BCUT2D eigenvalue weighted by molar-refractivity contribution is 5.96. The van der Waals surface area contributed by atoms with Crippen LogP contribution < -0.4 is 5.32 Å². The van der Waals surface area contributed by atoms with Gasteiger partial charge in [-0.1, -0.05) is 47.6 Å². The standard InChI is InChI=1S/C25H26N6O.2C2H6/c1-16(2)24-26-7-8-31(24)22-10-19(23-6-5-17(3)12-29-23)9-20(11-22)25(32)30-15-21-14-27-18(4)13-28-21;2*1-2/h5-14,16H,15H2,1-4H3,(H,30,32);2*1-2H3. The van der Waals surface area contributed by atoms with E-state index >= 15 is 0 Å². The summed E-state index contributed by atoms with van der Waals surface area (Å²) < 4.78 is 2.02. The molecule has 1 aromatic carbocycles. The van der Waals surface area contributed by atoms with E-state index in [1.54, 1.807) is 18.6 Å². The molecule has 0 unspecified atom stereocenters. The Kier molecular flexibility index (Phi) is 10.9. The van der Waals surface area contributed by atoms with E-state index in [1.165, 1.54) is 0 Å². The van der Waals surface area contributed by atoms with Crippen molar-refractivity contribution >= 4 is 5.91 Å². The Labute approximate surface area is 215 Å². The molecule has 0 aliphatic heterocycles. The molecule has 0 spiro atoms. The Morgan fingerprint density at radius 2 is 1.67 bits per heavy atom. The second-order valence-electron chi connectivity index (χ2n) is 8.13. The summed E-state index contributed by atoms with van der Waals surface area (Å²) in [6.45, 7) is 16.4. The predicted octanol–water partition coefficient (Wildman–Crippen LogP) is 6.45. The molecule has 1 N–H and O–H groups in total. The fraction of sp³-hybridized carbons (Fsp3) is 0.345. The minimum Gasteiger partial charge on any atom is -0.346 e. The third-order valence-electron chi connectivity index (χ3n) is 5.12. The summed E-state index contributed by atoms with van der Waals surface area (Å²) in [5.74, 6) is 0.984. The zero-order chi connectivity index (χ0) is 26.7. The van der Waals surface area contributed by atoms with E-state index in [9.17, 15) is 4.79 Å². The van der Waals surface area contributed by atoms with Gasteiger partial charge in [0.05, 0.1) is 29.8 Å². The fourth-order valence-electron chi connectivity index (χ4n) is 3.41. The average molecular weight is 487 g/mol. The molecule has 7 nitrogen and oxygen atoms in total. The SMILES string of the molecule is CC.CC.Cc1ccc(-c2cc(C(=O)NCc3cnc(C)cn3)cc(-n3ccnc3C(C)C)c2)nc1. The van der Waals surface area contributed by atoms with Gasteiger partial charge in [0.25, 0.3) is 5.91 Å². The molecule has 4 aromatic rings. The molecule has 0 saturated heterocycles. The van der Waals surface area contributed by atoms with Gasteiger partial charge in [-0.05, 0) is 43.7 Å². The van der Waals surface area contributed by atoms with Crippen molar-refractivity contribution in [3.63, 3.8) is 0 Å². The first-order valence-corrected chi connectivity index (χ1v) is 12.6. The van der Waals surface area contributed by atoms with Crippen LogP contribution in [-0.2, 0) is 6.54 Å². The second-order valence-corrected chi connectivity index (χ2v) is 8.13. The lowest BCUT2D eigenvalue weighted by Crippen LogP contribution is -2.23. The summed E-state index contributed by atoms with van der Waals surface area (Å²) in [6.07, 6.45) is 8.89. The molecular weight excluding hydrogens is 448 g/mol. The number of carbonyl (C=O) groups is 1. The van der Waals surface area contributed by atoms with Gasteiger partial charge in [-0.15, -0.1) is 0 Å². The molecular formula is C29H38N6O. The monoisotopic (exact) mass is 486 g/mol. The maximum atomic E-state index is 13.1. The molecule has 7 heteroatoms. The number of pyridine rings is 1. The number of benzene rings is 1. The van der Waals surface area contributed by atoms with Crippen LogP contribution in [0.2, 0.25) is 0 Å². The Hall–Kier alpha value is -3.87. The van der Waals surface area contributed by atoms with Crippen molar-refractivity contribution < 1.29 is 4.79 Å². The first-order valence-electron chi connectivity index (χ1n) is 12.6. The quantitative estimate of drug-likeness (QED) is 0.339. The van der Waals surface area contributed by atoms with Crippen LogP contribution in [0.4, 0.5) is 0 Å². The van der Waals surface area contributed by atoms with Crippen LogP contribution in [0.3, 0.4) is 0 Å². The number of rotatable bonds is 6. The van der Waals surface area contributed by atoms with Gasteiger partial charge < -0.3 is 9.88 Å². The summed E-state index contributed by atoms with van der Waals surface area (Å²) in [4.78, 5) is 30.6. The van der Waals surface area contributed by atoms with Crippen LogP contribution in [0.1, 0.15) is 80.6 Å². The van der Waals surface area contributed by atoms with E-state index in [0.717, 1.165) is 34.0 Å². The molecule has 36 heavy (non-hydrogen) atoms. The second kappa shape index (κ2) is 13.9. The third kappa shape index (κ3) is 7.31. The molecule has 4 rings (SSSR count). The fourth-order valence-corrected chi connectivity index (χ4v) is 3.41. The van der Waals surface area contributed by atoms with Crippen molar-refractivity contribution in [2.24, 2.45) is 0 Å². The van der Waals surface area contributed by atoms with E-state index in [-0.39, 0.29) is 11.8 Å². The van der Waals surface area contributed by atoms with Crippen LogP contribution in [0, 0.1) is 13.8 Å². The maximum absolute atomic E-state index is 13.1. The van der Waals surface area contributed by atoms with Gasteiger partial charge >= 0.3 is 0 Å². The van der Waals surface area contributed by atoms with Crippen LogP contribution in [0.5, 0.6) is 0 Å². The molecule has 0 radical (unpaired) electrons. The van der Waals surface area contributed by atoms with E-state index in [1.807, 2.05) is 88.8 Å². The first kappa shape index (κ1) is 28.4. The van der Waals surface area contributed by atoms with E-state index < -0.39 is 0 Å². The molecule has 0 bridgehead atoms. The zero-order valence-corrected chi connectivity index (χ0v) is 22.7. The third-order valence-corrected chi connectivity index (χ3v) is 5.12. The number of hydrogen-bond donors (Lipinski definition) is 1. The van der Waals surface area contributed by atoms with Gasteiger partial charge in [-0.2, -0.15) is 0 Å². The number of hydrogen-bond acceptors (Lipinski definition) is 5. The van der Waals surface area contributed by atoms with Gasteiger partial charge in [0.2, 0.25) is 0 Å². The molecule has 0 saturated carbocycles. The van der Waals surface area contributed by atoms with Gasteiger partial charge in [0, 0.05) is 47.5 Å². The minimum absolute atomic E-state index is 0.186. The Balaban J connectivity index is 0.00000109. The topological polar surface area (TPSA) is 85.6 Å². The van der Waals surface area contributed by atoms with Crippen molar-refractivity contribution in [2.75, 3.05) is 0 Å². The molecule has 1 amide bonds. The lowest BCUT2D eigenvalue weighted by molar-refractivity contribution is 0.0950. The minimum atomic E-state index is -0.186. The van der Waals surface area contributed by atoms with E-state index in [2.05, 4.69) is 39.1 Å². The number of nitrogens with zero attached hydrogens (tertiary/aromatic N) is 5.